The summed E-state index contributed by atoms with van der Waals surface area (Å²) in [6, 6.07) is 5.86. The molecule has 0 aromatic heterocycles. The SMILES string of the molecule is CC[C@H](C)C([C@@H](CC(=O)N1CCC[C@H]1[C@H](OC)[C@@H](C)C(=O)N[C@H](C)[C@@H](O)c1ccccc1)OC)N(C)C(=O)[C@@H](NC(=O)[C@H](C(C)C)N(C)C(=O)OCc1ccc(NC(=O)[C@H](C)NC(=O)[C@@H](NC(=O)CCOCCN2C(=O)C=CC2=O)C(C)C)cc1S(=O)(=O)O)C(C)C. The summed E-state index contributed by atoms with van der Waals surface area (Å²) in [7, 11) is 0.795. The van der Waals surface area contributed by atoms with Gasteiger partial charge >= 0.3 is 6.09 Å². The lowest BCUT2D eigenvalue weighted by Gasteiger charge is -2.41. The highest BCUT2D eigenvalue weighted by atomic mass is 32.2. The van der Waals surface area contributed by atoms with Crippen molar-refractivity contribution in [1.29, 1.82) is 0 Å². The number of methoxy groups -OCH3 is 2. The number of anilines is 1. The molecule has 0 bridgehead atoms. The summed E-state index contributed by atoms with van der Waals surface area (Å²) < 4.78 is 58.7. The maximum atomic E-state index is 14.8. The van der Waals surface area contributed by atoms with E-state index in [9.17, 15) is 66.0 Å². The van der Waals surface area contributed by atoms with Gasteiger partial charge in [-0.1, -0.05) is 105 Å². The van der Waals surface area contributed by atoms with E-state index >= 15 is 0 Å². The fraction of sp³-hybridized carbons (Fsp3) is 0.625. The van der Waals surface area contributed by atoms with E-state index in [-0.39, 0.29) is 61.6 Å². The molecule has 4 rings (SSSR count). The van der Waals surface area contributed by atoms with Crippen molar-refractivity contribution in [3.05, 3.63) is 71.8 Å². The molecule has 2 aliphatic rings. The molecule has 1 unspecified atom stereocenters. The number of likely N-dealkylation sites (N-methyl/N-ethyl adjacent to an activating group) is 2. The van der Waals surface area contributed by atoms with Crippen LogP contribution in [0.15, 0.2) is 65.6 Å². The zero-order chi connectivity index (χ0) is 69.1. The average Bonchev–Trinajstić information content (AvgIpc) is 1.17. The number of hydrogen-bond donors (Lipinski definition) is 7. The van der Waals surface area contributed by atoms with Gasteiger partial charge in [0, 0.05) is 64.7 Å². The number of benzene rings is 2. The van der Waals surface area contributed by atoms with E-state index in [1.165, 1.54) is 45.2 Å². The second kappa shape index (κ2) is 35.6. The molecule has 0 radical (unpaired) electrons. The zero-order valence-corrected chi connectivity index (χ0v) is 56.4. The van der Waals surface area contributed by atoms with Crippen molar-refractivity contribution in [2.24, 2.45) is 29.6 Å². The molecule has 92 heavy (non-hydrogen) atoms. The molecular weight excluding hydrogens is 1210 g/mol. The number of carbonyl (C=O) groups excluding carboxylic acids is 10. The molecule has 2 aliphatic heterocycles. The number of amides is 10. The van der Waals surface area contributed by atoms with Crippen LogP contribution in [0.25, 0.3) is 0 Å². The number of hydrogen-bond acceptors (Lipinski definition) is 17. The van der Waals surface area contributed by atoms with Crippen LogP contribution in [-0.2, 0) is 78.8 Å². The predicted octanol–water partition coefficient (Wildman–Crippen LogP) is 3.74. The highest BCUT2D eigenvalue weighted by Crippen LogP contribution is 2.31. The fourth-order valence-electron chi connectivity index (χ4n) is 11.4. The van der Waals surface area contributed by atoms with Crippen LogP contribution in [-0.4, -0.2) is 206 Å². The van der Waals surface area contributed by atoms with Crippen LogP contribution in [0.2, 0.25) is 0 Å². The quantitative estimate of drug-likeness (QED) is 0.0294. The topological polar surface area (TPSA) is 355 Å². The fourth-order valence-corrected chi connectivity index (χ4v) is 12.1. The van der Waals surface area contributed by atoms with E-state index in [1.807, 2.05) is 19.9 Å². The number of nitrogens with zero attached hydrogens (tertiary/aromatic N) is 4. The highest BCUT2D eigenvalue weighted by molar-refractivity contribution is 7.85. The van der Waals surface area contributed by atoms with E-state index in [1.54, 1.807) is 91.6 Å². The molecule has 1 saturated heterocycles. The lowest BCUT2D eigenvalue weighted by Crippen LogP contribution is -2.60. The van der Waals surface area contributed by atoms with E-state index < -0.39 is 153 Å². The number of nitrogens with one attached hydrogen (secondary N) is 5. The third-order valence-corrected chi connectivity index (χ3v) is 17.8. The third-order valence-electron chi connectivity index (χ3n) is 16.9. The second-order valence-corrected chi connectivity index (χ2v) is 26.0. The van der Waals surface area contributed by atoms with Gasteiger partial charge in [-0.3, -0.25) is 57.5 Å². The van der Waals surface area contributed by atoms with Crippen molar-refractivity contribution in [2.75, 3.05) is 59.9 Å². The standard InChI is InChI=1S/C64H97N9O18S/c1-16-39(8)56(47(88-14)34-52(77)72-29-20-23-46(72)58(89-15)40(9)59(79)65-41(10)57(78)43-21-18-17-19-22-43)70(12)63(83)54(37(4)5)69-62(82)55(38(6)7)71(13)64(84)91-35-44-24-25-45(33-48(44)92(85,86)87)67-60(80)42(11)66-61(81)53(36(2)3)68-49(74)28-31-90-32-30-73-50(75)26-27-51(73)76/h17-19,21-22,24-27,33,36-42,46-47,53-58,78H,16,20,23,28-32,34-35H2,1-15H3,(H,65,79)(H,66,81)(H,67,80)(H,68,74)(H,69,82)(H,85,86,87)/t39-,40+,41+,42-,46-,47+,53-,54-,55-,56?,57+,58+/m0/s1. The van der Waals surface area contributed by atoms with Gasteiger partial charge in [-0.15, -0.1) is 0 Å². The Morgan fingerprint density at radius 2 is 1.37 bits per heavy atom. The summed E-state index contributed by atoms with van der Waals surface area (Å²) in [6.07, 6.45) is 0.242. The first kappa shape index (κ1) is 77.1. The van der Waals surface area contributed by atoms with E-state index in [0.717, 1.165) is 28.0 Å². The minimum atomic E-state index is -5.04. The Morgan fingerprint density at radius 1 is 0.739 bits per heavy atom. The Bertz CT molecular complexity index is 3020. The summed E-state index contributed by atoms with van der Waals surface area (Å²) in [5.41, 5.74) is 0.306. The number of rotatable bonds is 35. The molecule has 10 amide bonds. The summed E-state index contributed by atoms with van der Waals surface area (Å²) >= 11 is 0. The molecular formula is C64H97N9O18S. The van der Waals surface area contributed by atoms with Gasteiger partial charge in [0.05, 0.1) is 68.5 Å². The number of carbonyl (C=O) groups is 10. The van der Waals surface area contributed by atoms with Gasteiger partial charge < -0.3 is 60.4 Å². The van der Waals surface area contributed by atoms with Gasteiger partial charge in [-0.2, -0.15) is 8.42 Å². The first-order chi connectivity index (χ1) is 43.2. The first-order valence-corrected chi connectivity index (χ1v) is 32.6. The minimum absolute atomic E-state index is 0.00374. The van der Waals surface area contributed by atoms with Gasteiger partial charge in [0.2, 0.25) is 41.4 Å². The van der Waals surface area contributed by atoms with Crippen molar-refractivity contribution >= 4 is 75.1 Å². The minimum Gasteiger partial charge on any atom is -0.444 e. The Kier molecular flexibility index (Phi) is 29.8. The van der Waals surface area contributed by atoms with Crippen LogP contribution in [0.1, 0.15) is 125 Å². The van der Waals surface area contributed by atoms with Crippen molar-refractivity contribution < 1.29 is 85.0 Å². The van der Waals surface area contributed by atoms with Gasteiger partial charge in [0.25, 0.3) is 21.9 Å². The van der Waals surface area contributed by atoms with Crippen molar-refractivity contribution in [1.82, 2.24) is 40.9 Å². The maximum Gasteiger partial charge on any atom is 0.410 e. The average molecular weight is 1310 g/mol. The molecule has 2 aromatic carbocycles. The molecule has 512 valence electrons. The number of likely N-dealkylation sites (tertiary alicyclic amines) is 1. The van der Waals surface area contributed by atoms with E-state index in [2.05, 4.69) is 26.6 Å². The van der Waals surface area contributed by atoms with Gasteiger partial charge in [0.15, 0.2) is 0 Å². The summed E-state index contributed by atoms with van der Waals surface area (Å²) in [5.74, 6) is -7.28. The molecule has 28 heteroatoms. The number of aliphatic hydroxyl groups is 1. The van der Waals surface area contributed by atoms with Crippen LogP contribution in [0.3, 0.4) is 0 Å². The third kappa shape index (κ3) is 21.1. The van der Waals surface area contributed by atoms with Crippen molar-refractivity contribution in [3.63, 3.8) is 0 Å². The maximum absolute atomic E-state index is 14.8. The molecule has 0 saturated carbocycles. The monoisotopic (exact) mass is 1310 g/mol. The Morgan fingerprint density at radius 3 is 1.93 bits per heavy atom. The normalized spacial score (nSPS) is 17.8. The second-order valence-electron chi connectivity index (χ2n) is 24.7. The van der Waals surface area contributed by atoms with Gasteiger partial charge in [-0.25, -0.2) is 4.79 Å². The Labute approximate surface area is 540 Å². The van der Waals surface area contributed by atoms with Crippen LogP contribution < -0.4 is 26.6 Å². The first-order valence-electron chi connectivity index (χ1n) is 31.2. The largest absolute Gasteiger partial charge is 0.444 e. The molecule has 2 aromatic rings. The van der Waals surface area contributed by atoms with E-state index in [4.69, 9.17) is 18.9 Å². The molecule has 2 heterocycles. The smallest absolute Gasteiger partial charge is 0.410 e. The van der Waals surface area contributed by atoms with Gasteiger partial charge in [-0.05, 0) is 68.1 Å². The van der Waals surface area contributed by atoms with Crippen LogP contribution in [0.4, 0.5) is 10.5 Å². The van der Waals surface area contributed by atoms with Crippen molar-refractivity contribution in [2.45, 2.75) is 180 Å². The number of aliphatic hydroxyl groups excluding tert-OH is 1. The van der Waals surface area contributed by atoms with E-state index in [0.29, 0.717) is 31.4 Å². The van der Waals surface area contributed by atoms with Crippen LogP contribution >= 0.6 is 0 Å². The molecule has 1 fully saturated rings. The number of imide groups is 1. The summed E-state index contributed by atoms with van der Waals surface area (Å²) in [6.45, 7) is 18.4. The number of ether oxygens (including phenoxy) is 4. The zero-order valence-electron chi connectivity index (χ0n) is 55.6. The van der Waals surface area contributed by atoms with Crippen molar-refractivity contribution in [3.8, 4) is 0 Å². The molecule has 12 atom stereocenters. The lowest BCUT2D eigenvalue weighted by molar-refractivity contribution is -0.148. The predicted molar refractivity (Wildman–Crippen MR) is 339 cm³/mol. The Balaban J connectivity index is 1.39. The van der Waals surface area contributed by atoms with Crippen LogP contribution in [0.5, 0.6) is 0 Å². The highest BCUT2D eigenvalue weighted by Gasteiger charge is 2.44. The van der Waals surface area contributed by atoms with Gasteiger partial charge in [0.1, 0.15) is 35.7 Å². The molecule has 0 aliphatic carbocycles. The van der Waals surface area contributed by atoms with Crippen LogP contribution in [0, 0.1) is 29.6 Å². The summed E-state index contributed by atoms with van der Waals surface area (Å²) in [4.78, 5) is 138. The Hall–Kier alpha value is -7.37. The lowest BCUT2D eigenvalue weighted by atomic mass is 9.89. The molecule has 7 N–H and O–H groups in total. The molecule has 27 nitrogen and oxygen atoms in total. The summed E-state index contributed by atoms with van der Waals surface area (Å²) in [5, 5.41) is 24.3. The molecule has 0 spiro atoms.